The maximum Gasteiger partial charge on any atom is 0.328 e. The topological polar surface area (TPSA) is 64.6 Å². The van der Waals surface area contributed by atoms with Gasteiger partial charge in [-0.3, -0.25) is 4.79 Å². The molecule has 2 aromatic rings. The lowest BCUT2D eigenvalue weighted by Crippen LogP contribution is -2.45. The van der Waals surface area contributed by atoms with Gasteiger partial charge in [0, 0.05) is 5.56 Å². The lowest BCUT2D eigenvalue weighted by Gasteiger charge is -2.21. The van der Waals surface area contributed by atoms with Crippen LogP contribution in [0.1, 0.15) is 36.2 Å². The summed E-state index contributed by atoms with van der Waals surface area (Å²) in [5.41, 5.74) is 1.45. The molecule has 0 aromatic heterocycles. The summed E-state index contributed by atoms with van der Waals surface area (Å²) in [5, 5.41) is 2.77. The van der Waals surface area contributed by atoms with E-state index < -0.39 is 12.0 Å². The molecule has 1 amide bonds. The Kier molecular flexibility index (Phi) is 7.21. The highest BCUT2D eigenvalue weighted by atomic mass is 16.5. The quantitative estimate of drug-likeness (QED) is 0.735. The van der Waals surface area contributed by atoms with Crippen LogP contribution < -0.4 is 10.1 Å². The Morgan fingerprint density at radius 1 is 1.04 bits per heavy atom. The van der Waals surface area contributed by atoms with E-state index in [0.717, 1.165) is 17.7 Å². The fourth-order valence-corrected chi connectivity index (χ4v) is 2.46. The monoisotopic (exact) mass is 355 g/mol. The molecule has 5 heteroatoms. The SMILES string of the molecule is CCC(C)C(NC(=O)c1ccc(COc2ccccc2)cc1)C(=O)OC. The number of ether oxygens (including phenoxy) is 2. The van der Waals surface area contributed by atoms with E-state index in [1.807, 2.05) is 56.3 Å². The van der Waals surface area contributed by atoms with Gasteiger partial charge in [-0.15, -0.1) is 0 Å². The van der Waals surface area contributed by atoms with Crippen LogP contribution in [0.2, 0.25) is 0 Å². The van der Waals surface area contributed by atoms with Crippen molar-refractivity contribution in [1.82, 2.24) is 5.32 Å². The van der Waals surface area contributed by atoms with Crippen LogP contribution in [0.25, 0.3) is 0 Å². The van der Waals surface area contributed by atoms with Crippen LogP contribution >= 0.6 is 0 Å². The smallest absolute Gasteiger partial charge is 0.328 e. The number of methoxy groups -OCH3 is 1. The van der Waals surface area contributed by atoms with Gasteiger partial charge in [0.2, 0.25) is 0 Å². The van der Waals surface area contributed by atoms with E-state index in [9.17, 15) is 9.59 Å². The van der Waals surface area contributed by atoms with Gasteiger partial charge in [0.25, 0.3) is 5.91 Å². The van der Waals surface area contributed by atoms with Gasteiger partial charge in [0.1, 0.15) is 18.4 Å². The molecule has 0 bridgehead atoms. The summed E-state index contributed by atoms with van der Waals surface area (Å²) < 4.78 is 10.5. The van der Waals surface area contributed by atoms with Crippen LogP contribution in [0.15, 0.2) is 54.6 Å². The first-order valence-electron chi connectivity index (χ1n) is 8.70. The second-order valence-corrected chi connectivity index (χ2v) is 6.16. The van der Waals surface area contributed by atoms with Gasteiger partial charge in [-0.2, -0.15) is 0 Å². The summed E-state index contributed by atoms with van der Waals surface area (Å²) in [6.07, 6.45) is 0.760. The fraction of sp³-hybridized carbons (Fsp3) is 0.333. The van der Waals surface area contributed by atoms with Crippen LogP contribution in [0.5, 0.6) is 5.75 Å². The van der Waals surface area contributed by atoms with Crippen LogP contribution in [-0.4, -0.2) is 25.0 Å². The molecule has 0 aliphatic rings. The fourth-order valence-electron chi connectivity index (χ4n) is 2.46. The van der Waals surface area contributed by atoms with Crippen molar-refractivity contribution in [2.75, 3.05) is 7.11 Å². The van der Waals surface area contributed by atoms with Crippen LogP contribution in [0, 0.1) is 5.92 Å². The molecule has 2 atom stereocenters. The number of nitrogens with one attached hydrogen (secondary N) is 1. The molecule has 2 unspecified atom stereocenters. The van der Waals surface area contributed by atoms with Crippen LogP contribution in [0.4, 0.5) is 0 Å². The summed E-state index contributed by atoms with van der Waals surface area (Å²) in [6, 6.07) is 16.0. The molecule has 0 heterocycles. The highest BCUT2D eigenvalue weighted by Crippen LogP contribution is 2.14. The number of benzene rings is 2. The number of carbonyl (C=O) groups excluding carboxylic acids is 2. The maximum absolute atomic E-state index is 12.4. The van der Waals surface area contributed by atoms with E-state index in [1.165, 1.54) is 7.11 Å². The van der Waals surface area contributed by atoms with Crippen molar-refractivity contribution in [3.63, 3.8) is 0 Å². The third-order valence-electron chi connectivity index (χ3n) is 4.32. The zero-order valence-corrected chi connectivity index (χ0v) is 15.4. The predicted molar refractivity (Wildman–Crippen MR) is 99.9 cm³/mol. The van der Waals surface area contributed by atoms with Crippen molar-refractivity contribution in [3.8, 4) is 5.75 Å². The zero-order valence-electron chi connectivity index (χ0n) is 15.4. The molecule has 0 saturated carbocycles. The molecule has 5 nitrogen and oxygen atoms in total. The molecule has 0 radical (unpaired) electrons. The highest BCUT2D eigenvalue weighted by molar-refractivity contribution is 5.96. The highest BCUT2D eigenvalue weighted by Gasteiger charge is 2.26. The Morgan fingerprint density at radius 3 is 2.27 bits per heavy atom. The molecule has 26 heavy (non-hydrogen) atoms. The van der Waals surface area contributed by atoms with Gasteiger partial charge in [-0.05, 0) is 35.7 Å². The minimum atomic E-state index is -0.654. The minimum Gasteiger partial charge on any atom is -0.489 e. The molecule has 0 aliphatic heterocycles. The van der Waals surface area contributed by atoms with Crippen molar-refractivity contribution in [1.29, 1.82) is 0 Å². The van der Waals surface area contributed by atoms with E-state index >= 15 is 0 Å². The van der Waals surface area contributed by atoms with Gasteiger partial charge in [0.05, 0.1) is 7.11 Å². The summed E-state index contributed by atoms with van der Waals surface area (Å²) in [5.74, 6) is 0.0607. The first kappa shape index (κ1) is 19.5. The number of esters is 1. The third kappa shape index (κ3) is 5.34. The van der Waals surface area contributed by atoms with E-state index in [-0.39, 0.29) is 11.8 Å². The second-order valence-electron chi connectivity index (χ2n) is 6.16. The average Bonchev–Trinajstić information content (AvgIpc) is 2.70. The molecule has 0 spiro atoms. The molecular weight excluding hydrogens is 330 g/mol. The minimum absolute atomic E-state index is 0.00931. The molecule has 0 saturated heterocycles. The van der Waals surface area contributed by atoms with Gasteiger partial charge < -0.3 is 14.8 Å². The predicted octanol–water partition coefficient (Wildman–Crippen LogP) is 3.58. The number of hydrogen-bond donors (Lipinski definition) is 1. The van der Waals surface area contributed by atoms with Gasteiger partial charge >= 0.3 is 5.97 Å². The Labute approximate surface area is 154 Å². The van der Waals surface area contributed by atoms with E-state index in [4.69, 9.17) is 9.47 Å². The average molecular weight is 355 g/mol. The Morgan fingerprint density at radius 2 is 1.69 bits per heavy atom. The Hall–Kier alpha value is -2.82. The van der Waals surface area contributed by atoms with Crippen LogP contribution in [0.3, 0.4) is 0 Å². The largest absolute Gasteiger partial charge is 0.489 e. The summed E-state index contributed by atoms with van der Waals surface area (Å²) >= 11 is 0. The van der Waals surface area contributed by atoms with Gasteiger partial charge in [-0.25, -0.2) is 4.79 Å². The Balaban J connectivity index is 1.97. The number of rotatable bonds is 8. The standard InChI is InChI=1S/C21H25NO4/c1-4-15(2)19(21(24)25-3)22-20(23)17-12-10-16(11-13-17)14-26-18-8-6-5-7-9-18/h5-13,15,19H,4,14H2,1-3H3,(H,22,23). The molecule has 138 valence electrons. The van der Waals surface area contributed by atoms with Crippen molar-refractivity contribution in [2.24, 2.45) is 5.92 Å². The van der Waals surface area contributed by atoms with Gasteiger partial charge in [-0.1, -0.05) is 50.6 Å². The first-order chi connectivity index (χ1) is 12.5. The molecule has 0 aliphatic carbocycles. The van der Waals surface area contributed by atoms with E-state index in [1.54, 1.807) is 12.1 Å². The molecular formula is C21H25NO4. The van der Waals surface area contributed by atoms with Gasteiger partial charge in [0.15, 0.2) is 0 Å². The molecule has 2 aromatic carbocycles. The molecule has 0 fully saturated rings. The number of amides is 1. The van der Waals surface area contributed by atoms with Crippen molar-refractivity contribution >= 4 is 11.9 Å². The third-order valence-corrected chi connectivity index (χ3v) is 4.32. The maximum atomic E-state index is 12.4. The summed E-state index contributed by atoms with van der Waals surface area (Å²) in [4.78, 5) is 24.3. The number of hydrogen-bond acceptors (Lipinski definition) is 4. The molecule has 1 N–H and O–H groups in total. The van der Waals surface area contributed by atoms with Crippen molar-refractivity contribution < 1.29 is 19.1 Å². The lowest BCUT2D eigenvalue weighted by molar-refractivity contribution is -0.144. The Bertz CT molecular complexity index is 713. The van der Waals surface area contributed by atoms with E-state index in [2.05, 4.69) is 5.32 Å². The number of carbonyl (C=O) groups is 2. The lowest BCUT2D eigenvalue weighted by atomic mass is 9.98. The normalized spacial score (nSPS) is 12.7. The second kappa shape index (κ2) is 9.61. The molecule has 2 rings (SSSR count). The van der Waals surface area contributed by atoms with Crippen LogP contribution in [-0.2, 0) is 16.1 Å². The summed E-state index contributed by atoms with van der Waals surface area (Å²) in [6.45, 7) is 4.30. The zero-order chi connectivity index (χ0) is 18.9. The first-order valence-corrected chi connectivity index (χ1v) is 8.70. The van der Waals surface area contributed by atoms with Crippen molar-refractivity contribution in [2.45, 2.75) is 32.9 Å². The summed E-state index contributed by atoms with van der Waals surface area (Å²) in [7, 11) is 1.32. The van der Waals surface area contributed by atoms with Crippen molar-refractivity contribution in [3.05, 3.63) is 65.7 Å². The van der Waals surface area contributed by atoms with E-state index in [0.29, 0.717) is 12.2 Å². The number of para-hydroxylation sites is 1.